The van der Waals surface area contributed by atoms with Gasteiger partial charge in [0, 0.05) is 41.7 Å². The lowest BCUT2D eigenvalue weighted by atomic mass is 10.0. The van der Waals surface area contributed by atoms with E-state index in [1.807, 2.05) is 38.2 Å². The van der Waals surface area contributed by atoms with Crippen LogP contribution in [0.2, 0.25) is 0 Å². The molecule has 0 aliphatic carbocycles. The summed E-state index contributed by atoms with van der Waals surface area (Å²) in [7, 11) is 0. The van der Waals surface area contributed by atoms with Gasteiger partial charge in [0.2, 0.25) is 0 Å². The molecule has 0 saturated carbocycles. The van der Waals surface area contributed by atoms with E-state index in [0.717, 1.165) is 17.1 Å². The monoisotopic (exact) mass is 443 g/mol. The molecule has 3 heterocycles. The number of nitrogens with zero attached hydrogens (tertiary/aromatic N) is 4. The number of aromatic nitrogens is 4. The highest BCUT2D eigenvalue weighted by Crippen LogP contribution is 2.40. The Balaban J connectivity index is 1.29. The second kappa shape index (κ2) is 8.46. The van der Waals surface area contributed by atoms with Crippen LogP contribution in [-0.2, 0) is 6.42 Å². The summed E-state index contributed by atoms with van der Waals surface area (Å²) in [5.41, 5.74) is 4.79. The van der Waals surface area contributed by atoms with Gasteiger partial charge < -0.3 is 10.1 Å². The fourth-order valence-electron chi connectivity index (χ4n) is 3.95. The van der Waals surface area contributed by atoms with Gasteiger partial charge in [0.1, 0.15) is 17.7 Å². The number of amides is 1. The number of hydrogen-bond acceptors (Lipinski definition) is 5. The molecular formula is C25H22FN5O2. The highest BCUT2D eigenvalue weighted by Gasteiger charge is 2.30. The van der Waals surface area contributed by atoms with Crippen LogP contribution in [0.1, 0.15) is 27.3 Å². The zero-order valence-electron chi connectivity index (χ0n) is 18.2. The maximum absolute atomic E-state index is 14.5. The van der Waals surface area contributed by atoms with Crippen molar-refractivity contribution in [2.45, 2.75) is 26.4 Å². The van der Waals surface area contributed by atoms with Crippen molar-refractivity contribution < 1.29 is 13.9 Å². The smallest absolute Gasteiger partial charge is 0.251 e. The molecule has 0 bridgehead atoms. The van der Waals surface area contributed by atoms with Crippen molar-refractivity contribution in [2.75, 3.05) is 6.54 Å². The van der Waals surface area contributed by atoms with Crippen molar-refractivity contribution in [1.29, 1.82) is 0 Å². The normalized spacial score (nSPS) is 14.6. The summed E-state index contributed by atoms with van der Waals surface area (Å²) in [4.78, 5) is 21.6. The highest BCUT2D eigenvalue weighted by molar-refractivity contribution is 5.94. The Kier molecular flexibility index (Phi) is 5.34. The molecule has 0 unspecified atom stereocenters. The van der Waals surface area contributed by atoms with Gasteiger partial charge in [-0.1, -0.05) is 0 Å². The summed E-state index contributed by atoms with van der Waals surface area (Å²) in [6.45, 7) is 3.98. The van der Waals surface area contributed by atoms with Gasteiger partial charge in [-0.25, -0.2) is 14.1 Å². The summed E-state index contributed by atoms with van der Waals surface area (Å²) in [5, 5.41) is 7.07. The molecule has 2 aromatic heterocycles. The first-order valence-electron chi connectivity index (χ1n) is 10.7. The van der Waals surface area contributed by atoms with E-state index >= 15 is 0 Å². The van der Waals surface area contributed by atoms with Crippen LogP contribution in [0.4, 0.5) is 4.39 Å². The zero-order valence-corrected chi connectivity index (χ0v) is 18.2. The molecule has 2 aromatic carbocycles. The first kappa shape index (κ1) is 20.8. The number of fused-ring (bicyclic) bond motifs is 1. The average Bonchev–Trinajstić information content (AvgIpc) is 3.51. The maximum Gasteiger partial charge on any atom is 0.251 e. The summed E-state index contributed by atoms with van der Waals surface area (Å²) in [5.74, 6) is -0.0708. The van der Waals surface area contributed by atoms with Gasteiger partial charge in [-0.3, -0.25) is 9.78 Å². The number of rotatable bonds is 5. The summed E-state index contributed by atoms with van der Waals surface area (Å²) >= 11 is 0. The standard InChI is InChI=1S/C25H22FN5O2/c1-15-13-27-16(2)23(30-15)20-8-9-22(26)21-12-19(33-24(20)21)14-28-25(32)17-4-6-18(7-5-17)31-11-3-10-29-31/h3-11,13,19H,12,14H2,1-2H3,(H,28,32)/t19-/m0/s1. The van der Waals surface area contributed by atoms with Gasteiger partial charge in [0.15, 0.2) is 0 Å². The molecule has 7 nitrogen and oxygen atoms in total. The van der Waals surface area contributed by atoms with Crippen LogP contribution in [0.3, 0.4) is 0 Å². The van der Waals surface area contributed by atoms with Crippen LogP contribution in [-0.4, -0.2) is 38.3 Å². The van der Waals surface area contributed by atoms with Crippen molar-refractivity contribution in [3.05, 3.63) is 89.4 Å². The fourth-order valence-corrected chi connectivity index (χ4v) is 3.95. The van der Waals surface area contributed by atoms with E-state index < -0.39 is 0 Å². The molecule has 1 aliphatic heterocycles. The van der Waals surface area contributed by atoms with Crippen LogP contribution < -0.4 is 10.1 Å². The lowest BCUT2D eigenvalue weighted by molar-refractivity contribution is 0.0933. The molecule has 8 heteroatoms. The Morgan fingerprint density at radius 2 is 2.03 bits per heavy atom. The molecule has 0 fully saturated rings. The molecule has 5 rings (SSSR count). The number of carbonyl (C=O) groups excluding carboxylic acids is 1. The molecule has 33 heavy (non-hydrogen) atoms. The first-order valence-corrected chi connectivity index (χ1v) is 10.7. The van der Waals surface area contributed by atoms with E-state index in [0.29, 0.717) is 34.6 Å². The van der Waals surface area contributed by atoms with Gasteiger partial charge >= 0.3 is 0 Å². The SMILES string of the molecule is Cc1cnc(C)c(-c2ccc(F)c3c2O[C@H](CNC(=O)c2ccc(-n4cccn4)cc2)C3)n1. The molecule has 1 aliphatic rings. The quantitative estimate of drug-likeness (QED) is 0.507. The van der Waals surface area contributed by atoms with E-state index in [1.54, 1.807) is 35.3 Å². The van der Waals surface area contributed by atoms with Gasteiger partial charge in [-0.15, -0.1) is 0 Å². The Morgan fingerprint density at radius 3 is 2.79 bits per heavy atom. The number of halogens is 1. The molecule has 4 aromatic rings. The molecule has 1 atom stereocenters. The number of ether oxygens (including phenoxy) is 1. The number of carbonyl (C=O) groups is 1. The third-order valence-electron chi connectivity index (χ3n) is 5.64. The van der Waals surface area contributed by atoms with Gasteiger partial charge in [0.05, 0.1) is 29.3 Å². The minimum Gasteiger partial charge on any atom is -0.487 e. The third kappa shape index (κ3) is 4.07. The number of benzene rings is 2. The van der Waals surface area contributed by atoms with E-state index in [4.69, 9.17) is 4.74 Å². The topological polar surface area (TPSA) is 81.9 Å². The Morgan fingerprint density at radius 1 is 1.21 bits per heavy atom. The molecular weight excluding hydrogens is 421 g/mol. The Labute approximate surface area is 190 Å². The predicted molar refractivity (Wildman–Crippen MR) is 121 cm³/mol. The van der Waals surface area contributed by atoms with Crippen LogP contribution in [0.15, 0.2) is 61.1 Å². The number of aryl methyl sites for hydroxylation is 2. The zero-order chi connectivity index (χ0) is 22.9. The van der Waals surface area contributed by atoms with Crippen molar-refractivity contribution in [3.63, 3.8) is 0 Å². The molecule has 0 saturated heterocycles. The average molecular weight is 443 g/mol. The Hall–Kier alpha value is -4.07. The maximum atomic E-state index is 14.5. The number of hydrogen-bond donors (Lipinski definition) is 1. The van der Waals surface area contributed by atoms with Crippen LogP contribution in [0.25, 0.3) is 16.9 Å². The highest BCUT2D eigenvalue weighted by atomic mass is 19.1. The largest absolute Gasteiger partial charge is 0.487 e. The molecule has 166 valence electrons. The van der Waals surface area contributed by atoms with E-state index in [1.165, 1.54) is 6.07 Å². The molecule has 1 N–H and O–H groups in total. The van der Waals surface area contributed by atoms with E-state index in [2.05, 4.69) is 20.4 Å². The van der Waals surface area contributed by atoms with Crippen molar-refractivity contribution in [2.24, 2.45) is 0 Å². The van der Waals surface area contributed by atoms with Gasteiger partial charge in [0.25, 0.3) is 5.91 Å². The minimum absolute atomic E-state index is 0.220. The van der Waals surface area contributed by atoms with Crippen LogP contribution in [0.5, 0.6) is 5.75 Å². The minimum atomic E-state index is -0.374. The summed E-state index contributed by atoms with van der Waals surface area (Å²) in [6.07, 6.45) is 5.22. The lowest BCUT2D eigenvalue weighted by Gasteiger charge is -2.14. The predicted octanol–water partition coefficient (Wildman–Crippen LogP) is 3.82. The van der Waals surface area contributed by atoms with Crippen LogP contribution >= 0.6 is 0 Å². The van der Waals surface area contributed by atoms with Gasteiger partial charge in [-0.2, -0.15) is 5.10 Å². The fraction of sp³-hybridized carbons (Fsp3) is 0.200. The molecule has 0 radical (unpaired) electrons. The summed E-state index contributed by atoms with van der Waals surface area (Å²) in [6, 6.07) is 12.1. The second-order valence-electron chi connectivity index (χ2n) is 8.00. The van der Waals surface area contributed by atoms with Crippen molar-refractivity contribution in [1.82, 2.24) is 25.1 Å². The second-order valence-corrected chi connectivity index (χ2v) is 8.00. The summed E-state index contributed by atoms with van der Waals surface area (Å²) < 4.78 is 22.4. The number of nitrogens with one attached hydrogen (secondary N) is 1. The first-order chi connectivity index (χ1) is 16.0. The molecule has 1 amide bonds. The lowest BCUT2D eigenvalue weighted by Crippen LogP contribution is -2.34. The van der Waals surface area contributed by atoms with Crippen molar-refractivity contribution in [3.8, 4) is 22.7 Å². The van der Waals surface area contributed by atoms with Gasteiger partial charge in [-0.05, 0) is 56.3 Å². The Bertz CT molecular complexity index is 1320. The van der Waals surface area contributed by atoms with Crippen molar-refractivity contribution >= 4 is 5.91 Å². The molecule has 0 spiro atoms. The van der Waals surface area contributed by atoms with Crippen LogP contribution in [0, 0.1) is 19.7 Å². The third-order valence-corrected chi connectivity index (χ3v) is 5.64. The van der Waals surface area contributed by atoms with E-state index in [-0.39, 0.29) is 24.4 Å². The van der Waals surface area contributed by atoms with E-state index in [9.17, 15) is 9.18 Å².